The summed E-state index contributed by atoms with van der Waals surface area (Å²) in [7, 11) is 4.12. The van der Waals surface area contributed by atoms with Crippen LogP contribution in [0, 0.1) is 0 Å². The van der Waals surface area contributed by atoms with E-state index in [-0.39, 0.29) is 6.09 Å². The maximum atomic E-state index is 12.0. The number of hydrogen-bond acceptors (Lipinski definition) is 5. The monoisotopic (exact) mass is 284 g/mol. The number of hydrogen-bond donors (Lipinski definition) is 1. The van der Waals surface area contributed by atoms with Gasteiger partial charge in [0, 0.05) is 13.1 Å². The van der Waals surface area contributed by atoms with Crippen LogP contribution >= 0.6 is 0 Å². The number of rotatable bonds is 4. The van der Waals surface area contributed by atoms with Gasteiger partial charge in [0.2, 0.25) is 0 Å². The molecule has 0 unspecified atom stereocenters. The predicted octanol–water partition coefficient (Wildman–Crippen LogP) is 1.18. The zero-order valence-corrected chi connectivity index (χ0v) is 13.4. The summed E-state index contributed by atoms with van der Waals surface area (Å²) in [6.45, 7) is 9.31. The zero-order chi connectivity index (χ0) is 15.2. The van der Waals surface area contributed by atoms with Crippen molar-refractivity contribution in [1.82, 2.24) is 15.1 Å². The molecule has 116 valence electrons. The van der Waals surface area contributed by atoms with Gasteiger partial charge in [0.05, 0.1) is 13.1 Å². The lowest BCUT2D eigenvalue weighted by Crippen LogP contribution is -2.47. The number of aliphatic imine (C=N–C) groups is 1. The summed E-state index contributed by atoms with van der Waals surface area (Å²) < 4.78 is 5.38. The minimum atomic E-state index is -0.453. The molecule has 20 heavy (non-hydrogen) atoms. The first kappa shape index (κ1) is 16.8. The predicted molar refractivity (Wildman–Crippen MR) is 81.3 cm³/mol. The minimum absolute atomic E-state index is 0.264. The Morgan fingerprint density at radius 1 is 1.45 bits per heavy atom. The van der Waals surface area contributed by atoms with Gasteiger partial charge in [0.15, 0.2) is 0 Å². The van der Waals surface area contributed by atoms with Crippen LogP contribution < -0.4 is 5.32 Å². The van der Waals surface area contributed by atoms with Gasteiger partial charge in [-0.15, -0.1) is 0 Å². The van der Waals surface area contributed by atoms with Crippen LogP contribution in [0.5, 0.6) is 0 Å². The molecule has 0 aromatic carbocycles. The smallest absolute Gasteiger partial charge is 0.410 e. The molecule has 0 bridgehead atoms. The summed E-state index contributed by atoms with van der Waals surface area (Å²) in [5.41, 5.74) is -0.453. The Balaban J connectivity index is 2.34. The van der Waals surface area contributed by atoms with Gasteiger partial charge in [-0.1, -0.05) is 0 Å². The average molecular weight is 284 g/mol. The van der Waals surface area contributed by atoms with Gasteiger partial charge >= 0.3 is 6.09 Å². The highest BCUT2D eigenvalue weighted by Gasteiger charge is 2.24. The van der Waals surface area contributed by atoms with Crippen molar-refractivity contribution in [3.8, 4) is 0 Å². The van der Waals surface area contributed by atoms with Crippen LogP contribution in [0.3, 0.4) is 0 Å². The van der Waals surface area contributed by atoms with Crippen molar-refractivity contribution in [3.63, 3.8) is 0 Å². The fraction of sp³-hybridized carbons (Fsp3) is 0.857. The molecule has 0 aromatic heterocycles. The Kier molecular flexibility index (Phi) is 6.26. The molecule has 6 nitrogen and oxygen atoms in total. The normalized spacial score (nSPS) is 16.1. The standard InChI is InChI=1S/C14H28N4O2/c1-14(2,3)20-13(19)18-10-8-16-12(11-18)15-7-6-9-17(4)5/h6-11H2,1-5H3,(H,15,16). The van der Waals surface area contributed by atoms with Crippen molar-refractivity contribution in [3.05, 3.63) is 0 Å². The van der Waals surface area contributed by atoms with Crippen molar-refractivity contribution in [1.29, 1.82) is 0 Å². The van der Waals surface area contributed by atoms with E-state index in [0.717, 1.165) is 25.3 Å². The number of nitrogens with zero attached hydrogens (tertiary/aromatic N) is 3. The van der Waals surface area contributed by atoms with Gasteiger partial charge in [-0.2, -0.15) is 0 Å². The highest BCUT2D eigenvalue weighted by molar-refractivity contribution is 5.87. The molecule has 0 fully saturated rings. The molecular formula is C14H28N4O2. The molecule has 0 saturated carbocycles. The van der Waals surface area contributed by atoms with Gasteiger partial charge < -0.3 is 15.0 Å². The van der Waals surface area contributed by atoms with Crippen LogP contribution in [-0.4, -0.2) is 74.1 Å². The Morgan fingerprint density at radius 2 is 2.15 bits per heavy atom. The molecule has 1 heterocycles. The largest absolute Gasteiger partial charge is 0.444 e. The number of carbonyl (C=O) groups is 1. The van der Waals surface area contributed by atoms with Crippen LogP contribution in [0.25, 0.3) is 0 Å². The maximum absolute atomic E-state index is 12.0. The first-order valence-electron chi connectivity index (χ1n) is 7.18. The second kappa shape index (κ2) is 7.47. The second-order valence-corrected chi connectivity index (χ2v) is 6.31. The maximum Gasteiger partial charge on any atom is 0.410 e. The molecule has 0 spiro atoms. The van der Waals surface area contributed by atoms with Crippen LogP contribution in [0.4, 0.5) is 4.79 Å². The van der Waals surface area contributed by atoms with E-state index < -0.39 is 5.60 Å². The van der Waals surface area contributed by atoms with E-state index in [2.05, 4.69) is 29.3 Å². The van der Waals surface area contributed by atoms with Crippen LogP contribution in [0.1, 0.15) is 27.2 Å². The molecule has 0 radical (unpaired) electrons. The third kappa shape index (κ3) is 6.75. The third-order valence-electron chi connectivity index (χ3n) is 2.78. The van der Waals surface area contributed by atoms with Crippen molar-refractivity contribution in [2.45, 2.75) is 32.8 Å². The molecular weight excluding hydrogens is 256 g/mol. The summed E-state index contributed by atoms with van der Waals surface area (Å²) in [6, 6.07) is 0. The van der Waals surface area contributed by atoms with Crippen LogP contribution in [0.2, 0.25) is 0 Å². The van der Waals surface area contributed by atoms with Gasteiger partial charge in [-0.3, -0.25) is 9.89 Å². The topological polar surface area (TPSA) is 57.2 Å². The van der Waals surface area contributed by atoms with Crippen molar-refractivity contribution < 1.29 is 9.53 Å². The van der Waals surface area contributed by atoms with E-state index >= 15 is 0 Å². The molecule has 1 N–H and O–H groups in total. The molecule has 0 saturated heterocycles. The Bertz CT molecular complexity index is 348. The lowest BCUT2D eigenvalue weighted by atomic mass is 10.2. The molecule has 1 rings (SSSR count). The van der Waals surface area contributed by atoms with Gasteiger partial charge in [-0.05, 0) is 47.8 Å². The van der Waals surface area contributed by atoms with E-state index in [4.69, 9.17) is 4.74 Å². The Hall–Kier alpha value is -1.30. The molecule has 0 aliphatic carbocycles. The number of nitrogens with one attached hydrogen (secondary N) is 1. The van der Waals surface area contributed by atoms with Crippen molar-refractivity contribution >= 4 is 11.9 Å². The average Bonchev–Trinajstić information content (AvgIpc) is 2.33. The lowest BCUT2D eigenvalue weighted by molar-refractivity contribution is 0.0276. The number of amidine groups is 1. The Morgan fingerprint density at radius 3 is 2.75 bits per heavy atom. The zero-order valence-electron chi connectivity index (χ0n) is 13.4. The highest BCUT2D eigenvalue weighted by atomic mass is 16.6. The summed E-state index contributed by atoms with van der Waals surface area (Å²) >= 11 is 0. The SMILES string of the molecule is CN(C)CCCNC1=NCCN(C(=O)OC(C)(C)C)C1. The Labute approximate surface area is 122 Å². The van der Waals surface area contributed by atoms with E-state index in [1.165, 1.54) is 0 Å². The summed E-state index contributed by atoms with van der Waals surface area (Å²) in [5, 5.41) is 3.30. The highest BCUT2D eigenvalue weighted by Crippen LogP contribution is 2.10. The number of amides is 1. The van der Waals surface area contributed by atoms with Gasteiger partial charge in [-0.25, -0.2) is 4.79 Å². The van der Waals surface area contributed by atoms with Crippen molar-refractivity contribution in [2.24, 2.45) is 4.99 Å². The van der Waals surface area contributed by atoms with E-state index in [1.54, 1.807) is 4.90 Å². The fourth-order valence-corrected chi connectivity index (χ4v) is 1.84. The quantitative estimate of drug-likeness (QED) is 0.788. The van der Waals surface area contributed by atoms with Gasteiger partial charge in [0.25, 0.3) is 0 Å². The molecule has 1 aliphatic heterocycles. The number of carbonyl (C=O) groups excluding carboxylic acids is 1. The molecule has 0 atom stereocenters. The van der Waals surface area contributed by atoms with Crippen LogP contribution in [-0.2, 0) is 4.74 Å². The van der Waals surface area contributed by atoms with E-state index in [0.29, 0.717) is 19.6 Å². The molecule has 1 aliphatic rings. The molecule has 1 amide bonds. The first-order valence-corrected chi connectivity index (χ1v) is 7.18. The van der Waals surface area contributed by atoms with E-state index in [1.807, 2.05) is 20.8 Å². The minimum Gasteiger partial charge on any atom is -0.444 e. The third-order valence-corrected chi connectivity index (χ3v) is 2.78. The van der Waals surface area contributed by atoms with E-state index in [9.17, 15) is 4.79 Å². The van der Waals surface area contributed by atoms with Crippen molar-refractivity contribution in [2.75, 3.05) is 46.8 Å². The van der Waals surface area contributed by atoms with Gasteiger partial charge in [0.1, 0.15) is 11.4 Å². The fourth-order valence-electron chi connectivity index (χ4n) is 1.84. The lowest BCUT2D eigenvalue weighted by Gasteiger charge is -2.30. The summed E-state index contributed by atoms with van der Waals surface area (Å²) in [4.78, 5) is 20.3. The second-order valence-electron chi connectivity index (χ2n) is 6.31. The molecule has 0 aromatic rings. The molecule has 6 heteroatoms. The first-order chi connectivity index (χ1) is 9.28. The van der Waals surface area contributed by atoms with Crippen LogP contribution in [0.15, 0.2) is 4.99 Å². The summed E-state index contributed by atoms with van der Waals surface area (Å²) in [6.07, 6.45) is 0.790. The summed E-state index contributed by atoms with van der Waals surface area (Å²) in [5.74, 6) is 0.876. The number of ether oxygens (including phenoxy) is 1.